The molecule has 2 saturated heterocycles. The molecule has 0 radical (unpaired) electrons. The number of hydrogen-bond donors (Lipinski definition) is 3. The minimum absolute atomic E-state index is 0. The third-order valence-corrected chi connectivity index (χ3v) is 7.23. The van der Waals surface area contributed by atoms with Crippen molar-refractivity contribution in [3.63, 3.8) is 0 Å². The second kappa shape index (κ2) is 9.54. The summed E-state index contributed by atoms with van der Waals surface area (Å²) < 4.78 is 27.6. The number of amides is 1. The molecule has 0 bridgehead atoms. The van der Waals surface area contributed by atoms with E-state index in [1.807, 2.05) is 0 Å². The Hall–Kier alpha value is -1.19. The first-order valence-electron chi connectivity index (χ1n) is 9.54. The number of aliphatic hydroxyl groups is 1. The largest absolute Gasteiger partial charge is 0.391 e. The van der Waals surface area contributed by atoms with Crippen molar-refractivity contribution in [2.24, 2.45) is 17.8 Å². The zero-order chi connectivity index (χ0) is 19.6. The molecule has 9 heteroatoms. The first-order chi connectivity index (χ1) is 12.8. The van der Waals surface area contributed by atoms with Crippen LogP contribution < -0.4 is 10.6 Å². The lowest BCUT2D eigenvalue weighted by atomic mass is 9.94. The molecule has 2 aliphatic rings. The Morgan fingerprint density at radius 2 is 1.93 bits per heavy atom. The summed E-state index contributed by atoms with van der Waals surface area (Å²) in [5, 5.41) is 15.7. The summed E-state index contributed by atoms with van der Waals surface area (Å²) in [6.45, 7) is 6.68. The van der Waals surface area contributed by atoms with Gasteiger partial charge in [0.15, 0.2) is 0 Å². The van der Waals surface area contributed by atoms with Crippen molar-refractivity contribution in [1.82, 2.24) is 14.9 Å². The number of piperidine rings is 1. The number of halogens is 1. The maximum absolute atomic E-state index is 13.0. The molecule has 28 heavy (non-hydrogen) atoms. The molecule has 0 saturated carbocycles. The lowest BCUT2D eigenvalue weighted by Gasteiger charge is -2.34. The molecule has 1 aromatic carbocycles. The van der Waals surface area contributed by atoms with Crippen LogP contribution in [-0.2, 0) is 10.0 Å². The van der Waals surface area contributed by atoms with Crippen LogP contribution in [0.5, 0.6) is 0 Å². The second-order valence-corrected chi connectivity index (χ2v) is 9.93. The fraction of sp³-hybridized carbons (Fsp3) is 0.632. The molecule has 7 nitrogen and oxygen atoms in total. The lowest BCUT2D eigenvalue weighted by Crippen LogP contribution is -2.42. The Bertz CT molecular complexity index is 779. The van der Waals surface area contributed by atoms with E-state index in [-0.39, 0.29) is 29.1 Å². The van der Waals surface area contributed by atoms with Crippen LogP contribution >= 0.6 is 12.4 Å². The summed E-state index contributed by atoms with van der Waals surface area (Å²) in [4.78, 5) is 12.6. The zero-order valence-corrected chi connectivity index (χ0v) is 17.9. The summed E-state index contributed by atoms with van der Waals surface area (Å²) in [7, 11) is -3.62. The fourth-order valence-electron chi connectivity index (χ4n) is 4.00. The van der Waals surface area contributed by atoms with Gasteiger partial charge in [0.2, 0.25) is 10.0 Å². The summed E-state index contributed by atoms with van der Waals surface area (Å²) in [5.41, 5.74) is 0.314. The van der Waals surface area contributed by atoms with Crippen LogP contribution in [0.1, 0.15) is 30.6 Å². The van der Waals surface area contributed by atoms with E-state index in [0.717, 1.165) is 6.42 Å². The summed E-state index contributed by atoms with van der Waals surface area (Å²) in [6, 6.07) is 6.20. The summed E-state index contributed by atoms with van der Waals surface area (Å²) in [6.07, 6.45) is 0.552. The molecule has 1 amide bonds. The van der Waals surface area contributed by atoms with Crippen molar-refractivity contribution in [3.8, 4) is 0 Å². The van der Waals surface area contributed by atoms with Gasteiger partial charge in [0.25, 0.3) is 5.91 Å². The van der Waals surface area contributed by atoms with E-state index in [4.69, 9.17) is 0 Å². The van der Waals surface area contributed by atoms with E-state index in [9.17, 15) is 18.3 Å². The Labute approximate surface area is 173 Å². The van der Waals surface area contributed by atoms with Gasteiger partial charge in [-0.05, 0) is 36.5 Å². The van der Waals surface area contributed by atoms with E-state index in [0.29, 0.717) is 50.1 Å². The van der Waals surface area contributed by atoms with Crippen molar-refractivity contribution >= 4 is 28.3 Å². The van der Waals surface area contributed by atoms with Crippen LogP contribution in [0.4, 0.5) is 0 Å². The quantitative estimate of drug-likeness (QED) is 0.648. The van der Waals surface area contributed by atoms with Crippen molar-refractivity contribution < 1.29 is 18.3 Å². The maximum Gasteiger partial charge on any atom is 0.251 e. The number of benzene rings is 1. The normalized spacial score (nSPS) is 28.5. The standard InChI is InChI=1S/C19H29N3O4S.ClH/c1-13-6-14(2)12-22(11-13)27(25,26)17-5-3-4-15(7-17)19(24)21-9-16-8-20-10-18(16)23;/h3-5,7,13-14,16,18,20,23H,6,8-12H2,1-2H3,(H,21,24);1H. The molecule has 0 spiro atoms. The Kier molecular flexibility index (Phi) is 7.87. The van der Waals surface area contributed by atoms with Crippen molar-refractivity contribution in [2.75, 3.05) is 32.7 Å². The highest BCUT2D eigenvalue weighted by Crippen LogP contribution is 2.27. The molecule has 2 heterocycles. The van der Waals surface area contributed by atoms with E-state index in [1.54, 1.807) is 18.2 Å². The molecular formula is C19H30ClN3O4S. The van der Waals surface area contributed by atoms with Crippen LogP contribution in [0.2, 0.25) is 0 Å². The van der Waals surface area contributed by atoms with Gasteiger partial charge >= 0.3 is 0 Å². The number of hydrogen-bond acceptors (Lipinski definition) is 5. The molecular weight excluding hydrogens is 402 g/mol. The average Bonchev–Trinajstić information content (AvgIpc) is 3.04. The minimum atomic E-state index is -3.62. The van der Waals surface area contributed by atoms with Gasteiger partial charge in [-0.2, -0.15) is 4.31 Å². The topological polar surface area (TPSA) is 98.7 Å². The van der Waals surface area contributed by atoms with Gasteiger partial charge in [-0.15, -0.1) is 12.4 Å². The van der Waals surface area contributed by atoms with Gasteiger partial charge in [-0.1, -0.05) is 19.9 Å². The average molecular weight is 432 g/mol. The highest BCUT2D eigenvalue weighted by molar-refractivity contribution is 7.89. The Morgan fingerprint density at radius 3 is 2.54 bits per heavy atom. The number of nitrogens with one attached hydrogen (secondary N) is 2. The first kappa shape index (κ1) is 23.1. The molecule has 1 aromatic rings. The van der Waals surface area contributed by atoms with Crippen LogP contribution in [0.25, 0.3) is 0 Å². The Morgan fingerprint density at radius 1 is 1.25 bits per heavy atom. The first-order valence-corrected chi connectivity index (χ1v) is 11.0. The van der Waals surface area contributed by atoms with E-state index < -0.39 is 16.1 Å². The fourth-order valence-corrected chi connectivity index (χ4v) is 5.73. The maximum atomic E-state index is 13.0. The highest BCUT2D eigenvalue weighted by Gasteiger charge is 2.32. The molecule has 2 aliphatic heterocycles. The smallest absolute Gasteiger partial charge is 0.251 e. The third-order valence-electron chi connectivity index (χ3n) is 5.40. The van der Waals surface area contributed by atoms with Gasteiger partial charge in [-0.25, -0.2) is 8.42 Å². The van der Waals surface area contributed by atoms with Crippen LogP contribution in [0, 0.1) is 17.8 Å². The number of rotatable bonds is 5. The van der Waals surface area contributed by atoms with E-state index in [1.165, 1.54) is 10.4 Å². The highest BCUT2D eigenvalue weighted by atomic mass is 35.5. The second-order valence-electron chi connectivity index (χ2n) is 7.99. The molecule has 4 atom stereocenters. The number of aliphatic hydroxyl groups excluding tert-OH is 1. The van der Waals surface area contributed by atoms with Crippen molar-refractivity contribution in [1.29, 1.82) is 0 Å². The number of nitrogens with zero attached hydrogens (tertiary/aromatic N) is 1. The number of sulfonamides is 1. The van der Waals surface area contributed by atoms with Gasteiger partial charge in [0.05, 0.1) is 11.0 Å². The van der Waals surface area contributed by atoms with Gasteiger partial charge in [-0.3, -0.25) is 4.79 Å². The molecule has 3 rings (SSSR count). The van der Waals surface area contributed by atoms with E-state index >= 15 is 0 Å². The Balaban J connectivity index is 0.00000280. The SMILES string of the molecule is CC1CC(C)CN(S(=O)(=O)c2cccc(C(=O)NCC3CNCC3O)c2)C1.Cl. The van der Waals surface area contributed by atoms with Gasteiger partial charge in [0, 0.05) is 44.2 Å². The van der Waals surface area contributed by atoms with Crippen LogP contribution in [0.3, 0.4) is 0 Å². The molecule has 2 fully saturated rings. The monoisotopic (exact) mass is 431 g/mol. The molecule has 0 aromatic heterocycles. The third kappa shape index (κ3) is 5.24. The molecule has 158 valence electrons. The van der Waals surface area contributed by atoms with Crippen LogP contribution in [0.15, 0.2) is 29.2 Å². The number of carbonyl (C=O) groups is 1. The lowest BCUT2D eigenvalue weighted by molar-refractivity contribution is 0.0927. The summed E-state index contributed by atoms with van der Waals surface area (Å²) >= 11 is 0. The number of β-amino-alcohol motifs (C(OH)–C–C–N with tert-alkyl or cyclic N) is 1. The van der Waals surface area contributed by atoms with Gasteiger partial charge < -0.3 is 15.7 Å². The number of carbonyl (C=O) groups excluding carboxylic acids is 1. The van der Waals surface area contributed by atoms with Gasteiger partial charge in [0.1, 0.15) is 0 Å². The minimum Gasteiger partial charge on any atom is -0.391 e. The van der Waals surface area contributed by atoms with Crippen LogP contribution in [-0.4, -0.2) is 62.6 Å². The molecule has 3 N–H and O–H groups in total. The molecule has 4 unspecified atom stereocenters. The van der Waals surface area contributed by atoms with Crippen molar-refractivity contribution in [3.05, 3.63) is 29.8 Å². The predicted molar refractivity (Wildman–Crippen MR) is 110 cm³/mol. The molecule has 0 aliphatic carbocycles. The zero-order valence-electron chi connectivity index (χ0n) is 16.3. The van der Waals surface area contributed by atoms with E-state index in [2.05, 4.69) is 24.5 Å². The van der Waals surface area contributed by atoms with Crippen molar-refractivity contribution in [2.45, 2.75) is 31.3 Å². The predicted octanol–water partition coefficient (Wildman–Crippen LogP) is 1.09. The summed E-state index contributed by atoms with van der Waals surface area (Å²) in [5.74, 6) is 0.284.